The number of aromatic amines is 1. The SMILES string of the molecule is COc1c(C)ccc(NCc2c(C)n[nH]c2C)c1C. The molecule has 1 heterocycles. The van der Waals surface area contributed by atoms with E-state index in [1.165, 1.54) is 5.56 Å². The van der Waals surface area contributed by atoms with Crippen LogP contribution in [-0.2, 0) is 6.54 Å². The van der Waals surface area contributed by atoms with Crippen molar-refractivity contribution in [2.24, 2.45) is 0 Å². The molecule has 0 aliphatic rings. The molecule has 4 heteroatoms. The minimum absolute atomic E-state index is 0.765. The molecular weight excluding hydrogens is 238 g/mol. The summed E-state index contributed by atoms with van der Waals surface area (Å²) in [6.45, 7) is 8.95. The summed E-state index contributed by atoms with van der Waals surface area (Å²) in [4.78, 5) is 0. The third kappa shape index (κ3) is 2.57. The van der Waals surface area contributed by atoms with Crippen molar-refractivity contribution < 1.29 is 4.74 Å². The van der Waals surface area contributed by atoms with Crippen molar-refractivity contribution in [3.63, 3.8) is 0 Å². The van der Waals surface area contributed by atoms with Crippen molar-refractivity contribution in [3.8, 4) is 5.75 Å². The number of nitrogens with zero attached hydrogens (tertiary/aromatic N) is 1. The number of aryl methyl sites for hydroxylation is 3. The van der Waals surface area contributed by atoms with Gasteiger partial charge < -0.3 is 10.1 Å². The standard InChI is InChI=1S/C15H21N3O/c1-9-6-7-14(10(2)15(9)19-5)16-8-13-11(3)17-18-12(13)4/h6-7,16H,8H2,1-5H3,(H,17,18). The van der Waals surface area contributed by atoms with E-state index in [2.05, 4.69) is 41.5 Å². The van der Waals surface area contributed by atoms with Gasteiger partial charge >= 0.3 is 0 Å². The lowest BCUT2D eigenvalue weighted by atomic mass is 10.1. The molecule has 19 heavy (non-hydrogen) atoms. The third-order valence-electron chi connectivity index (χ3n) is 3.54. The number of benzene rings is 1. The Morgan fingerprint density at radius 2 is 1.95 bits per heavy atom. The van der Waals surface area contributed by atoms with Crippen LogP contribution < -0.4 is 10.1 Å². The van der Waals surface area contributed by atoms with Crippen LogP contribution in [0.2, 0.25) is 0 Å². The summed E-state index contributed by atoms with van der Waals surface area (Å²) >= 11 is 0. The Kier molecular flexibility index (Phi) is 3.79. The van der Waals surface area contributed by atoms with Gasteiger partial charge in [0.15, 0.2) is 0 Å². The molecule has 4 nitrogen and oxygen atoms in total. The van der Waals surface area contributed by atoms with Gasteiger partial charge in [0.1, 0.15) is 5.75 Å². The average molecular weight is 259 g/mol. The van der Waals surface area contributed by atoms with E-state index in [9.17, 15) is 0 Å². The van der Waals surface area contributed by atoms with Crippen molar-refractivity contribution in [1.82, 2.24) is 10.2 Å². The van der Waals surface area contributed by atoms with Crippen LogP contribution in [0.5, 0.6) is 5.75 Å². The first-order valence-corrected chi connectivity index (χ1v) is 6.43. The number of hydrogen-bond donors (Lipinski definition) is 2. The number of rotatable bonds is 4. The van der Waals surface area contributed by atoms with Crippen LogP contribution >= 0.6 is 0 Å². The van der Waals surface area contributed by atoms with E-state index in [4.69, 9.17) is 4.74 Å². The Hall–Kier alpha value is -1.97. The van der Waals surface area contributed by atoms with Crippen molar-refractivity contribution >= 4 is 5.69 Å². The molecule has 0 bridgehead atoms. The largest absolute Gasteiger partial charge is 0.496 e. The molecule has 1 aromatic carbocycles. The number of methoxy groups -OCH3 is 1. The molecule has 2 rings (SSSR count). The number of aromatic nitrogens is 2. The lowest BCUT2D eigenvalue weighted by Crippen LogP contribution is -2.04. The summed E-state index contributed by atoms with van der Waals surface area (Å²) in [5.74, 6) is 0.950. The van der Waals surface area contributed by atoms with E-state index in [0.29, 0.717) is 0 Å². The van der Waals surface area contributed by atoms with Crippen LogP contribution in [0.1, 0.15) is 28.1 Å². The normalized spacial score (nSPS) is 10.6. The van der Waals surface area contributed by atoms with Crippen LogP contribution in [-0.4, -0.2) is 17.3 Å². The minimum atomic E-state index is 0.765. The Balaban J connectivity index is 2.21. The predicted molar refractivity (Wildman–Crippen MR) is 77.9 cm³/mol. The fourth-order valence-corrected chi connectivity index (χ4v) is 2.35. The van der Waals surface area contributed by atoms with Gasteiger partial charge in [0, 0.05) is 29.1 Å². The van der Waals surface area contributed by atoms with E-state index in [1.54, 1.807) is 7.11 Å². The summed E-state index contributed by atoms with van der Waals surface area (Å²) < 4.78 is 5.44. The third-order valence-corrected chi connectivity index (χ3v) is 3.54. The molecule has 1 aromatic heterocycles. The quantitative estimate of drug-likeness (QED) is 0.886. The zero-order valence-electron chi connectivity index (χ0n) is 12.2. The maximum absolute atomic E-state index is 5.44. The van der Waals surface area contributed by atoms with Crippen LogP contribution in [0.15, 0.2) is 12.1 Å². The highest BCUT2D eigenvalue weighted by molar-refractivity contribution is 5.59. The highest BCUT2D eigenvalue weighted by Gasteiger charge is 2.10. The van der Waals surface area contributed by atoms with E-state index in [0.717, 1.165) is 40.5 Å². The molecular formula is C15H21N3O. The maximum atomic E-state index is 5.44. The Morgan fingerprint density at radius 3 is 2.53 bits per heavy atom. The molecule has 0 amide bonds. The fourth-order valence-electron chi connectivity index (χ4n) is 2.35. The van der Waals surface area contributed by atoms with Crippen molar-refractivity contribution in [1.29, 1.82) is 0 Å². The summed E-state index contributed by atoms with van der Waals surface area (Å²) in [5, 5.41) is 10.7. The zero-order valence-corrected chi connectivity index (χ0v) is 12.2. The molecule has 2 aromatic rings. The van der Waals surface area contributed by atoms with Crippen LogP contribution in [0.3, 0.4) is 0 Å². The first-order chi connectivity index (χ1) is 9.04. The highest BCUT2D eigenvalue weighted by atomic mass is 16.5. The van der Waals surface area contributed by atoms with E-state index in [-0.39, 0.29) is 0 Å². The number of nitrogens with one attached hydrogen (secondary N) is 2. The second-order valence-electron chi connectivity index (χ2n) is 4.85. The van der Waals surface area contributed by atoms with Crippen LogP contribution in [0, 0.1) is 27.7 Å². The minimum Gasteiger partial charge on any atom is -0.496 e. The summed E-state index contributed by atoms with van der Waals surface area (Å²) in [5.41, 5.74) is 6.77. The Labute approximate surface area is 114 Å². The molecule has 0 spiro atoms. The van der Waals surface area contributed by atoms with E-state index < -0.39 is 0 Å². The molecule has 0 fully saturated rings. The molecule has 0 saturated heterocycles. The van der Waals surface area contributed by atoms with Gasteiger partial charge in [0.05, 0.1) is 12.8 Å². The summed E-state index contributed by atoms with van der Waals surface area (Å²) in [6.07, 6.45) is 0. The fraction of sp³-hybridized carbons (Fsp3) is 0.400. The number of hydrogen-bond acceptors (Lipinski definition) is 3. The van der Waals surface area contributed by atoms with Gasteiger partial charge in [-0.25, -0.2) is 0 Å². The van der Waals surface area contributed by atoms with Crippen molar-refractivity contribution in [2.45, 2.75) is 34.2 Å². The summed E-state index contributed by atoms with van der Waals surface area (Å²) in [6, 6.07) is 4.17. The highest BCUT2D eigenvalue weighted by Crippen LogP contribution is 2.29. The molecule has 2 N–H and O–H groups in total. The first-order valence-electron chi connectivity index (χ1n) is 6.43. The van der Waals surface area contributed by atoms with Gasteiger partial charge in [0.25, 0.3) is 0 Å². The smallest absolute Gasteiger partial charge is 0.126 e. The Morgan fingerprint density at radius 1 is 1.21 bits per heavy atom. The molecule has 0 radical (unpaired) electrons. The second kappa shape index (κ2) is 5.34. The number of ether oxygens (including phenoxy) is 1. The molecule has 0 aliphatic carbocycles. The monoisotopic (exact) mass is 259 g/mol. The molecule has 0 unspecified atom stereocenters. The van der Waals surface area contributed by atoms with Gasteiger partial charge in [-0.15, -0.1) is 0 Å². The molecule has 0 aliphatic heterocycles. The van der Waals surface area contributed by atoms with Gasteiger partial charge in [-0.05, 0) is 39.3 Å². The first kappa shape index (κ1) is 13.5. The van der Waals surface area contributed by atoms with E-state index >= 15 is 0 Å². The Bertz CT molecular complexity index is 568. The van der Waals surface area contributed by atoms with Gasteiger partial charge in [0.2, 0.25) is 0 Å². The van der Waals surface area contributed by atoms with E-state index in [1.807, 2.05) is 13.8 Å². The van der Waals surface area contributed by atoms with Gasteiger partial charge in [-0.1, -0.05) is 6.07 Å². The van der Waals surface area contributed by atoms with Crippen LogP contribution in [0.25, 0.3) is 0 Å². The topological polar surface area (TPSA) is 49.9 Å². The van der Waals surface area contributed by atoms with Gasteiger partial charge in [-0.2, -0.15) is 5.10 Å². The van der Waals surface area contributed by atoms with Gasteiger partial charge in [-0.3, -0.25) is 5.10 Å². The lowest BCUT2D eigenvalue weighted by Gasteiger charge is -2.14. The number of H-pyrrole nitrogens is 1. The molecule has 0 atom stereocenters. The molecule has 0 saturated carbocycles. The van der Waals surface area contributed by atoms with Crippen LogP contribution in [0.4, 0.5) is 5.69 Å². The number of anilines is 1. The zero-order chi connectivity index (χ0) is 14.0. The predicted octanol–water partition coefficient (Wildman–Crippen LogP) is 3.26. The van der Waals surface area contributed by atoms with Crippen molar-refractivity contribution in [2.75, 3.05) is 12.4 Å². The molecule has 102 valence electrons. The van der Waals surface area contributed by atoms with Crippen molar-refractivity contribution in [3.05, 3.63) is 40.2 Å². The average Bonchev–Trinajstić information content (AvgIpc) is 2.69. The lowest BCUT2D eigenvalue weighted by molar-refractivity contribution is 0.409. The second-order valence-corrected chi connectivity index (χ2v) is 4.85. The maximum Gasteiger partial charge on any atom is 0.126 e. The summed E-state index contributed by atoms with van der Waals surface area (Å²) in [7, 11) is 1.71.